The maximum atomic E-state index is 6.03. The third-order valence-electron chi connectivity index (χ3n) is 4.24. The van der Waals surface area contributed by atoms with Gasteiger partial charge in [-0.25, -0.2) is 4.98 Å². The third kappa shape index (κ3) is 3.31. The molecule has 21 heavy (non-hydrogen) atoms. The van der Waals surface area contributed by atoms with E-state index < -0.39 is 0 Å². The Hall–Kier alpha value is -1.72. The van der Waals surface area contributed by atoms with Crippen LogP contribution in [0.25, 0.3) is 0 Å². The molecular formula is C16H23N5. The summed E-state index contributed by atoms with van der Waals surface area (Å²) in [6.45, 7) is 1.59. The van der Waals surface area contributed by atoms with Gasteiger partial charge in [0, 0.05) is 37.7 Å². The van der Waals surface area contributed by atoms with Gasteiger partial charge in [0.2, 0.25) is 0 Å². The average Bonchev–Trinajstić information content (AvgIpc) is 3.26. The zero-order valence-corrected chi connectivity index (χ0v) is 12.5. The minimum Gasteiger partial charge on any atom is -0.330 e. The molecule has 1 unspecified atom stereocenters. The van der Waals surface area contributed by atoms with E-state index in [1.807, 2.05) is 24.9 Å². The van der Waals surface area contributed by atoms with Crippen LogP contribution in [0.4, 0.5) is 0 Å². The number of nitrogens with zero attached hydrogens (tertiary/aromatic N) is 4. The molecule has 0 bridgehead atoms. The van der Waals surface area contributed by atoms with E-state index in [9.17, 15) is 0 Å². The summed E-state index contributed by atoms with van der Waals surface area (Å²) in [4.78, 5) is 10.7. The van der Waals surface area contributed by atoms with Crippen LogP contribution in [0.1, 0.15) is 36.2 Å². The van der Waals surface area contributed by atoms with Gasteiger partial charge in [-0.1, -0.05) is 0 Å². The second-order valence-corrected chi connectivity index (χ2v) is 5.79. The lowest BCUT2D eigenvalue weighted by molar-refractivity contribution is 0.243. The van der Waals surface area contributed by atoms with Crippen LogP contribution in [0.5, 0.6) is 0 Å². The highest BCUT2D eigenvalue weighted by Crippen LogP contribution is 2.37. The van der Waals surface area contributed by atoms with Crippen molar-refractivity contribution in [2.45, 2.75) is 31.3 Å². The van der Waals surface area contributed by atoms with Crippen LogP contribution < -0.4 is 5.73 Å². The van der Waals surface area contributed by atoms with Gasteiger partial charge in [-0.05, 0) is 44.0 Å². The van der Waals surface area contributed by atoms with Crippen molar-refractivity contribution in [2.24, 2.45) is 5.73 Å². The van der Waals surface area contributed by atoms with E-state index in [0.717, 1.165) is 13.0 Å². The maximum absolute atomic E-state index is 6.03. The summed E-state index contributed by atoms with van der Waals surface area (Å²) < 4.78 is 2.31. The van der Waals surface area contributed by atoms with E-state index >= 15 is 0 Å². The lowest BCUT2D eigenvalue weighted by Gasteiger charge is -2.27. The van der Waals surface area contributed by atoms with Gasteiger partial charge in [-0.15, -0.1) is 0 Å². The number of likely N-dealkylation sites (N-methyl/N-ethyl adjacent to an activating group) is 1. The SMILES string of the molecule is CN(CCc1ccncc1)C(CN)c1cncn1C1CC1. The van der Waals surface area contributed by atoms with Crippen molar-refractivity contribution in [3.05, 3.63) is 48.3 Å². The van der Waals surface area contributed by atoms with Gasteiger partial charge < -0.3 is 10.3 Å². The molecule has 5 heteroatoms. The van der Waals surface area contributed by atoms with Crippen LogP contribution in [0.2, 0.25) is 0 Å². The fourth-order valence-electron chi connectivity index (χ4n) is 2.77. The summed E-state index contributed by atoms with van der Waals surface area (Å²) in [7, 11) is 2.14. The zero-order chi connectivity index (χ0) is 14.7. The molecule has 1 aliphatic rings. The fourth-order valence-corrected chi connectivity index (χ4v) is 2.77. The highest BCUT2D eigenvalue weighted by Gasteiger charge is 2.28. The van der Waals surface area contributed by atoms with E-state index in [4.69, 9.17) is 5.73 Å². The van der Waals surface area contributed by atoms with Gasteiger partial charge >= 0.3 is 0 Å². The van der Waals surface area contributed by atoms with Crippen molar-refractivity contribution in [3.63, 3.8) is 0 Å². The molecule has 0 radical (unpaired) electrons. The first kappa shape index (κ1) is 14.2. The fraction of sp³-hybridized carbons (Fsp3) is 0.500. The van der Waals surface area contributed by atoms with Crippen LogP contribution in [0.3, 0.4) is 0 Å². The molecule has 1 aliphatic carbocycles. The van der Waals surface area contributed by atoms with Crippen molar-refractivity contribution in [1.29, 1.82) is 0 Å². The predicted octanol–water partition coefficient (Wildman–Crippen LogP) is 1.79. The molecule has 3 rings (SSSR count). The summed E-state index contributed by atoms with van der Waals surface area (Å²) in [6, 6.07) is 5.01. The van der Waals surface area contributed by atoms with Crippen LogP contribution in [0.15, 0.2) is 37.1 Å². The lowest BCUT2D eigenvalue weighted by Crippen LogP contribution is -2.33. The maximum Gasteiger partial charge on any atom is 0.0951 e. The number of hydrogen-bond acceptors (Lipinski definition) is 4. The van der Waals surface area contributed by atoms with Gasteiger partial charge in [0.15, 0.2) is 0 Å². The van der Waals surface area contributed by atoms with Gasteiger partial charge in [0.1, 0.15) is 0 Å². The van der Waals surface area contributed by atoms with Gasteiger partial charge in [-0.2, -0.15) is 0 Å². The summed E-state index contributed by atoms with van der Waals surface area (Å²) in [5.74, 6) is 0. The van der Waals surface area contributed by atoms with Crippen LogP contribution in [0, 0.1) is 0 Å². The van der Waals surface area contributed by atoms with E-state index in [2.05, 4.69) is 38.6 Å². The molecule has 2 N–H and O–H groups in total. The molecule has 0 amide bonds. The Bertz CT molecular complexity index is 561. The molecule has 2 heterocycles. The van der Waals surface area contributed by atoms with Crippen LogP contribution in [-0.2, 0) is 6.42 Å². The zero-order valence-electron chi connectivity index (χ0n) is 12.5. The topological polar surface area (TPSA) is 60.0 Å². The highest BCUT2D eigenvalue weighted by atomic mass is 15.2. The third-order valence-corrected chi connectivity index (χ3v) is 4.24. The highest BCUT2D eigenvalue weighted by molar-refractivity contribution is 5.12. The minimum atomic E-state index is 0.231. The predicted molar refractivity (Wildman–Crippen MR) is 82.9 cm³/mol. The van der Waals surface area contributed by atoms with Gasteiger partial charge in [0.05, 0.1) is 18.1 Å². The second-order valence-electron chi connectivity index (χ2n) is 5.79. The van der Waals surface area contributed by atoms with Crippen LogP contribution >= 0.6 is 0 Å². The second kappa shape index (κ2) is 6.37. The lowest BCUT2D eigenvalue weighted by atomic mass is 10.1. The number of pyridine rings is 1. The van der Waals surface area contributed by atoms with Crippen molar-refractivity contribution in [3.8, 4) is 0 Å². The number of hydrogen-bond donors (Lipinski definition) is 1. The summed E-state index contributed by atoms with van der Waals surface area (Å²) >= 11 is 0. The first-order valence-corrected chi connectivity index (χ1v) is 7.60. The molecule has 1 fully saturated rings. The molecule has 2 aromatic heterocycles. The molecule has 1 atom stereocenters. The monoisotopic (exact) mass is 285 g/mol. The van der Waals surface area contributed by atoms with Crippen molar-refractivity contribution >= 4 is 0 Å². The number of aromatic nitrogens is 3. The van der Waals surface area contributed by atoms with E-state index in [-0.39, 0.29) is 6.04 Å². The Morgan fingerprint density at radius 3 is 2.76 bits per heavy atom. The molecule has 0 aromatic carbocycles. The number of nitrogens with two attached hydrogens (primary N) is 1. The summed E-state index contributed by atoms with van der Waals surface area (Å²) in [6.07, 6.45) is 11.1. The van der Waals surface area contributed by atoms with E-state index in [0.29, 0.717) is 12.6 Å². The standard InChI is InChI=1S/C16H23N5/c1-20(9-6-13-4-7-18-8-5-13)15(10-17)16-11-19-12-21(16)14-2-3-14/h4-5,7-8,11-12,14-15H,2-3,6,9-10,17H2,1H3. The number of imidazole rings is 1. The Balaban J connectivity index is 1.66. The first-order valence-electron chi connectivity index (χ1n) is 7.60. The molecular weight excluding hydrogens is 262 g/mol. The van der Waals surface area contributed by atoms with Crippen molar-refractivity contribution < 1.29 is 0 Å². The van der Waals surface area contributed by atoms with Crippen molar-refractivity contribution in [1.82, 2.24) is 19.4 Å². The van der Waals surface area contributed by atoms with Crippen LogP contribution in [-0.4, -0.2) is 39.6 Å². The molecule has 0 aliphatic heterocycles. The molecule has 1 saturated carbocycles. The molecule has 5 nitrogen and oxygen atoms in total. The quantitative estimate of drug-likeness (QED) is 0.842. The average molecular weight is 285 g/mol. The molecule has 112 valence electrons. The first-order chi connectivity index (χ1) is 10.3. The number of rotatable bonds is 7. The van der Waals surface area contributed by atoms with Gasteiger partial charge in [-0.3, -0.25) is 9.88 Å². The Kier molecular flexibility index (Phi) is 4.31. The molecule has 2 aromatic rings. The smallest absolute Gasteiger partial charge is 0.0951 e. The molecule has 0 saturated heterocycles. The normalized spacial score (nSPS) is 16.3. The van der Waals surface area contributed by atoms with E-state index in [1.165, 1.54) is 24.1 Å². The summed E-state index contributed by atoms with van der Waals surface area (Å²) in [5.41, 5.74) is 8.59. The van der Waals surface area contributed by atoms with Crippen molar-refractivity contribution in [2.75, 3.05) is 20.1 Å². The van der Waals surface area contributed by atoms with Gasteiger partial charge in [0.25, 0.3) is 0 Å². The van der Waals surface area contributed by atoms with E-state index in [1.54, 1.807) is 0 Å². The summed E-state index contributed by atoms with van der Waals surface area (Å²) in [5, 5.41) is 0. The minimum absolute atomic E-state index is 0.231. The Morgan fingerprint density at radius 1 is 1.33 bits per heavy atom. The Labute approximate surface area is 125 Å². The molecule has 0 spiro atoms. The Morgan fingerprint density at radius 2 is 2.10 bits per heavy atom. The largest absolute Gasteiger partial charge is 0.330 e.